The highest BCUT2D eigenvalue weighted by molar-refractivity contribution is 5.86. The van der Waals surface area contributed by atoms with Crippen LogP contribution in [0.2, 0.25) is 0 Å². The third kappa shape index (κ3) is 3.83. The van der Waals surface area contributed by atoms with E-state index < -0.39 is 5.92 Å². The summed E-state index contributed by atoms with van der Waals surface area (Å²) in [6.07, 6.45) is 5.38. The Labute approximate surface area is 126 Å². The van der Waals surface area contributed by atoms with E-state index in [9.17, 15) is 15.2 Å². The van der Waals surface area contributed by atoms with Crippen LogP contribution in [0.5, 0.6) is 0 Å². The van der Waals surface area contributed by atoms with E-state index in [-0.39, 0.29) is 18.6 Å². The zero-order chi connectivity index (χ0) is 15.1. The van der Waals surface area contributed by atoms with Crippen molar-refractivity contribution in [3.05, 3.63) is 35.9 Å². The maximum atomic E-state index is 12.8. The first-order valence-electron chi connectivity index (χ1n) is 7.64. The second kappa shape index (κ2) is 7.80. The van der Waals surface area contributed by atoms with Gasteiger partial charge in [0.15, 0.2) is 0 Å². The fraction of sp³-hybridized carbons (Fsp3) is 0.529. The van der Waals surface area contributed by atoms with Crippen molar-refractivity contribution in [1.29, 1.82) is 5.26 Å². The summed E-state index contributed by atoms with van der Waals surface area (Å²) in [4.78, 5) is 14.5. The highest BCUT2D eigenvalue weighted by Gasteiger charge is 2.31. The summed E-state index contributed by atoms with van der Waals surface area (Å²) in [6.45, 7) is 0.254. The van der Waals surface area contributed by atoms with Crippen molar-refractivity contribution in [2.75, 3.05) is 13.2 Å². The first kappa shape index (κ1) is 15.5. The lowest BCUT2D eigenvalue weighted by Crippen LogP contribution is -2.45. The fourth-order valence-electron chi connectivity index (χ4n) is 3.06. The van der Waals surface area contributed by atoms with E-state index in [1.807, 2.05) is 30.3 Å². The van der Waals surface area contributed by atoms with Gasteiger partial charge in [-0.25, -0.2) is 0 Å². The fourth-order valence-corrected chi connectivity index (χ4v) is 3.06. The molecule has 1 fully saturated rings. The number of carbonyl (C=O) groups is 1. The molecular formula is C17H22N2O2. The van der Waals surface area contributed by atoms with Gasteiger partial charge >= 0.3 is 0 Å². The highest BCUT2D eigenvalue weighted by Crippen LogP contribution is 2.26. The average Bonchev–Trinajstić information content (AvgIpc) is 2.55. The number of rotatable bonds is 5. The van der Waals surface area contributed by atoms with Crippen molar-refractivity contribution < 1.29 is 9.90 Å². The molecule has 0 saturated heterocycles. The van der Waals surface area contributed by atoms with Crippen molar-refractivity contribution in [2.24, 2.45) is 0 Å². The van der Waals surface area contributed by atoms with Gasteiger partial charge in [0.25, 0.3) is 0 Å². The Hall–Kier alpha value is -1.86. The maximum absolute atomic E-state index is 12.8. The Bertz CT molecular complexity index is 489. The van der Waals surface area contributed by atoms with E-state index in [1.165, 1.54) is 6.42 Å². The van der Waals surface area contributed by atoms with Gasteiger partial charge in [0.1, 0.15) is 5.92 Å². The van der Waals surface area contributed by atoms with Crippen LogP contribution in [0.1, 0.15) is 43.6 Å². The first-order chi connectivity index (χ1) is 10.3. The highest BCUT2D eigenvalue weighted by atomic mass is 16.3. The normalized spacial score (nSPS) is 17.0. The minimum atomic E-state index is -0.778. The third-order valence-corrected chi connectivity index (χ3v) is 4.15. The Morgan fingerprint density at radius 2 is 1.95 bits per heavy atom. The van der Waals surface area contributed by atoms with Crippen molar-refractivity contribution in [3.8, 4) is 6.07 Å². The number of carbonyl (C=O) groups excluding carboxylic acids is 1. The zero-order valence-electron chi connectivity index (χ0n) is 12.2. The smallest absolute Gasteiger partial charge is 0.244 e. The molecule has 1 N–H and O–H groups in total. The molecule has 1 saturated carbocycles. The second-order valence-electron chi connectivity index (χ2n) is 5.52. The van der Waals surface area contributed by atoms with E-state index >= 15 is 0 Å². The molecule has 0 heterocycles. The molecule has 4 nitrogen and oxygen atoms in total. The van der Waals surface area contributed by atoms with Crippen LogP contribution in [0.15, 0.2) is 30.3 Å². The Morgan fingerprint density at radius 3 is 2.52 bits per heavy atom. The molecule has 21 heavy (non-hydrogen) atoms. The Morgan fingerprint density at radius 1 is 1.29 bits per heavy atom. The number of aliphatic hydroxyl groups excluding tert-OH is 1. The Balaban J connectivity index is 2.18. The van der Waals surface area contributed by atoms with Crippen molar-refractivity contribution in [1.82, 2.24) is 4.90 Å². The number of hydrogen-bond donors (Lipinski definition) is 1. The molecule has 1 aromatic rings. The van der Waals surface area contributed by atoms with Crippen molar-refractivity contribution in [3.63, 3.8) is 0 Å². The van der Waals surface area contributed by atoms with Crippen LogP contribution in [0.25, 0.3) is 0 Å². The van der Waals surface area contributed by atoms with Gasteiger partial charge < -0.3 is 10.0 Å². The predicted octanol–water partition coefficient (Wildman–Crippen LogP) is 2.45. The molecule has 1 unspecified atom stereocenters. The molecule has 2 rings (SSSR count). The van der Waals surface area contributed by atoms with Gasteiger partial charge in [-0.05, 0) is 18.4 Å². The van der Waals surface area contributed by atoms with Crippen molar-refractivity contribution in [2.45, 2.75) is 44.1 Å². The topological polar surface area (TPSA) is 64.3 Å². The van der Waals surface area contributed by atoms with E-state index in [2.05, 4.69) is 6.07 Å². The summed E-state index contributed by atoms with van der Waals surface area (Å²) in [5.74, 6) is -0.954. The van der Waals surface area contributed by atoms with Gasteiger partial charge in [0.2, 0.25) is 5.91 Å². The van der Waals surface area contributed by atoms with Crippen LogP contribution < -0.4 is 0 Å². The van der Waals surface area contributed by atoms with E-state index in [0.29, 0.717) is 6.54 Å². The molecule has 0 aliphatic heterocycles. The first-order valence-corrected chi connectivity index (χ1v) is 7.64. The molecule has 0 radical (unpaired) electrons. The van der Waals surface area contributed by atoms with E-state index in [4.69, 9.17) is 0 Å². The van der Waals surface area contributed by atoms with Crippen LogP contribution >= 0.6 is 0 Å². The number of aliphatic hydroxyl groups is 1. The van der Waals surface area contributed by atoms with Crippen LogP contribution in [-0.4, -0.2) is 35.1 Å². The van der Waals surface area contributed by atoms with Gasteiger partial charge in [-0.3, -0.25) is 4.79 Å². The number of hydrogen-bond acceptors (Lipinski definition) is 3. The zero-order valence-corrected chi connectivity index (χ0v) is 12.2. The lowest BCUT2D eigenvalue weighted by molar-refractivity contribution is -0.135. The largest absolute Gasteiger partial charge is 0.395 e. The van der Waals surface area contributed by atoms with E-state index in [0.717, 1.165) is 31.2 Å². The summed E-state index contributed by atoms with van der Waals surface area (Å²) < 4.78 is 0. The van der Waals surface area contributed by atoms with Crippen LogP contribution in [0, 0.1) is 11.3 Å². The molecule has 4 heteroatoms. The minimum absolute atomic E-state index is 0.0603. The molecule has 0 aromatic heterocycles. The lowest BCUT2D eigenvalue weighted by atomic mass is 9.92. The maximum Gasteiger partial charge on any atom is 0.244 e. The summed E-state index contributed by atoms with van der Waals surface area (Å²) in [7, 11) is 0. The molecule has 0 spiro atoms. The molecule has 0 bridgehead atoms. The Kier molecular flexibility index (Phi) is 5.77. The average molecular weight is 286 g/mol. The van der Waals surface area contributed by atoms with Gasteiger partial charge in [0.05, 0.1) is 12.7 Å². The van der Waals surface area contributed by atoms with E-state index in [1.54, 1.807) is 4.90 Å². The summed E-state index contributed by atoms with van der Waals surface area (Å²) in [5.41, 5.74) is 0.726. The summed E-state index contributed by atoms with van der Waals surface area (Å²) in [6, 6.07) is 11.5. The molecule has 1 amide bonds. The minimum Gasteiger partial charge on any atom is -0.395 e. The number of amides is 1. The van der Waals surface area contributed by atoms with Gasteiger partial charge in [-0.2, -0.15) is 5.26 Å². The quantitative estimate of drug-likeness (QED) is 0.904. The predicted molar refractivity (Wildman–Crippen MR) is 80.5 cm³/mol. The van der Waals surface area contributed by atoms with Gasteiger partial charge in [-0.15, -0.1) is 0 Å². The lowest BCUT2D eigenvalue weighted by Gasteiger charge is -2.35. The standard InChI is InChI=1S/C17H22N2O2/c18-13-16(14-7-3-1-4-8-14)17(21)19(11-12-20)15-9-5-2-6-10-15/h1,3-4,7-8,15-16,20H,2,5-6,9-12H2. The van der Waals surface area contributed by atoms with Crippen LogP contribution in [0.4, 0.5) is 0 Å². The molecule has 1 aromatic carbocycles. The molecule has 112 valence electrons. The van der Waals surface area contributed by atoms with Gasteiger partial charge in [0, 0.05) is 12.6 Å². The van der Waals surface area contributed by atoms with Gasteiger partial charge in [-0.1, -0.05) is 49.6 Å². The molecule has 1 aliphatic carbocycles. The summed E-state index contributed by atoms with van der Waals surface area (Å²) in [5, 5.41) is 18.7. The van der Waals surface area contributed by atoms with Crippen molar-refractivity contribution >= 4 is 5.91 Å². The SMILES string of the molecule is N#CC(C(=O)N(CCO)C1CCCCC1)c1ccccc1. The molecule has 1 atom stereocenters. The summed E-state index contributed by atoms with van der Waals surface area (Å²) >= 11 is 0. The number of benzene rings is 1. The number of nitrogens with zero attached hydrogens (tertiary/aromatic N) is 2. The third-order valence-electron chi connectivity index (χ3n) is 4.15. The van der Waals surface area contributed by atoms with Crippen LogP contribution in [-0.2, 0) is 4.79 Å². The number of nitriles is 1. The van der Waals surface area contributed by atoms with Crippen LogP contribution in [0.3, 0.4) is 0 Å². The molecular weight excluding hydrogens is 264 g/mol. The molecule has 1 aliphatic rings. The monoisotopic (exact) mass is 286 g/mol. The second-order valence-corrected chi connectivity index (χ2v) is 5.52.